The number of nitrogens with one attached hydrogen (secondary N) is 1. The summed E-state index contributed by atoms with van der Waals surface area (Å²) in [5.74, 6) is 0. The van der Waals surface area contributed by atoms with E-state index in [1.165, 1.54) is 33.5 Å². The Bertz CT molecular complexity index is 559. The van der Waals surface area contributed by atoms with Crippen molar-refractivity contribution >= 4 is 0 Å². The SMILES string of the molecule is CNCCc1c(-c2c(C)cc(C)cc2C)cnn1C. The molecule has 1 aromatic heterocycles. The number of aryl methyl sites for hydroxylation is 4. The highest BCUT2D eigenvalue weighted by Crippen LogP contribution is 2.30. The van der Waals surface area contributed by atoms with Crippen molar-refractivity contribution in [1.29, 1.82) is 0 Å². The van der Waals surface area contributed by atoms with Gasteiger partial charge in [0.25, 0.3) is 0 Å². The quantitative estimate of drug-likeness (QED) is 0.912. The van der Waals surface area contributed by atoms with Gasteiger partial charge >= 0.3 is 0 Å². The molecule has 0 atom stereocenters. The fourth-order valence-electron chi connectivity index (χ4n) is 2.82. The van der Waals surface area contributed by atoms with Crippen LogP contribution in [-0.4, -0.2) is 23.4 Å². The summed E-state index contributed by atoms with van der Waals surface area (Å²) < 4.78 is 1.99. The van der Waals surface area contributed by atoms with Crippen LogP contribution in [-0.2, 0) is 13.5 Å². The Morgan fingerprint density at radius 3 is 2.37 bits per heavy atom. The van der Waals surface area contributed by atoms with Crippen molar-refractivity contribution in [2.45, 2.75) is 27.2 Å². The van der Waals surface area contributed by atoms with E-state index in [9.17, 15) is 0 Å². The molecule has 0 aliphatic heterocycles. The molecule has 19 heavy (non-hydrogen) atoms. The number of hydrogen-bond donors (Lipinski definition) is 1. The zero-order valence-electron chi connectivity index (χ0n) is 12.5. The Morgan fingerprint density at radius 2 is 1.79 bits per heavy atom. The van der Waals surface area contributed by atoms with Crippen molar-refractivity contribution in [3.05, 3.63) is 40.7 Å². The lowest BCUT2D eigenvalue weighted by Gasteiger charge is -2.12. The molecule has 0 saturated carbocycles. The normalized spacial score (nSPS) is 11.0. The largest absolute Gasteiger partial charge is 0.319 e. The summed E-state index contributed by atoms with van der Waals surface area (Å²) in [4.78, 5) is 0. The van der Waals surface area contributed by atoms with E-state index in [1.807, 2.05) is 25.0 Å². The second kappa shape index (κ2) is 5.57. The van der Waals surface area contributed by atoms with Crippen LogP contribution in [0.15, 0.2) is 18.3 Å². The fourth-order valence-corrected chi connectivity index (χ4v) is 2.82. The molecule has 0 fully saturated rings. The second-order valence-electron chi connectivity index (χ2n) is 5.26. The zero-order valence-corrected chi connectivity index (χ0v) is 12.5. The molecule has 0 radical (unpaired) electrons. The minimum absolute atomic E-state index is 0.969. The van der Waals surface area contributed by atoms with Crippen LogP contribution in [0.25, 0.3) is 11.1 Å². The molecule has 0 aliphatic rings. The van der Waals surface area contributed by atoms with Gasteiger partial charge in [-0.3, -0.25) is 4.68 Å². The van der Waals surface area contributed by atoms with E-state index >= 15 is 0 Å². The summed E-state index contributed by atoms with van der Waals surface area (Å²) in [5, 5.41) is 7.65. The van der Waals surface area contributed by atoms with Gasteiger partial charge in [0.15, 0.2) is 0 Å². The molecule has 0 aliphatic carbocycles. The van der Waals surface area contributed by atoms with Gasteiger partial charge in [-0.15, -0.1) is 0 Å². The maximum atomic E-state index is 4.44. The third-order valence-corrected chi connectivity index (χ3v) is 3.62. The van der Waals surface area contributed by atoms with E-state index in [4.69, 9.17) is 0 Å². The van der Waals surface area contributed by atoms with Crippen LogP contribution in [0.1, 0.15) is 22.4 Å². The van der Waals surface area contributed by atoms with Crippen LogP contribution in [0.3, 0.4) is 0 Å². The van der Waals surface area contributed by atoms with Crippen LogP contribution < -0.4 is 5.32 Å². The lowest BCUT2D eigenvalue weighted by atomic mass is 9.93. The van der Waals surface area contributed by atoms with Gasteiger partial charge < -0.3 is 5.32 Å². The van der Waals surface area contributed by atoms with E-state index in [0.717, 1.165) is 13.0 Å². The lowest BCUT2D eigenvalue weighted by Crippen LogP contribution is -2.13. The van der Waals surface area contributed by atoms with Gasteiger partial charge in [0.05, 0.1) is 6.20 Å². The first-order chi connectivity index (χ1) is 9.04. The van der Waals surface area contributed by atoms with Gasteiger partial charge in [-0.2, -0.15) is 5.10 Å². The Morgan fingerprint density at radius 1 is 1.16 bits per heavy atom. The number of benzene rings is 1. The van der Waals surface area contributed by atoms with Crippen LogP contribution in [0.2, 0.25) is 0 Å². The zero-order chi connectivity index (χ0) is 14.0. The Balaban J connectivity index is 2.53. The molecule has 0 amide bonds. The molecule has 0 spiro atoms. The molecule has 0 bridgehead atoms. The Hall–Kier alpha value is -1.61. The smallest absolute Gasteiger partial charge is 0.0571 e. The van der Waals surface area contributed by atoms with Crippen molar-refractivity contribution in [2.24, 2.45) is 7.05 Å². The van der Waals surface area contributed by atoms with Crippen LogP contribution in [0, 0.1) is 20.8 Å². The Labute approximate surface area is 115 Å². The van der Waals surface area contributed by atoms with Gasteiger partial charge in [0.1, 0.15) is 0 Å². The standard InChI is InChI=1S/C16H23N3/c1-11-8-12(2)16(13(3)9-11)14-10-18-19(5)15(14)6-7-17-4/h8-10,17H,6-7H2,1-5H3. The van der Waals surface area contributed by atoms with Crippen molar-refractivity contribution in [1.82, 2.24) is 15.1 Å². The monoisotopic (exact) mass is 257 g/mol. The molecule has 1 heterocycles. The van der Waals surface area contributed by atoms with E-state index in [2.05, 4.69) is 43.3 Å². The average molecular weight is 257 g/mol. The van der Waals surface area contributed by atoms with Gasteiger partial charge in [0, 0.05) is 31.3 Å². The molecule has 0 saturated heterocycles. The second-order valence-corrected chi connectivity index (χ2v) is 5.26. The Kier molecular flexibility index (Phi) is 4.05. The van der Waals surface area contributed by atoms with E-state index in [0.29, 0.717) is 0 Å². The molecule has 1 N–H and O–H groups in total. The third-order valence-electron chi connectivity index (χ3n) is 3.62. The first-order valence-electron chi connectivity index (χ1n) is 6.78. The number of aromatic nitrogens is 2. The summed E-state index contributed by atoms with van der Waals surface area (Å²) in [6, 6.07) is 4.49. The molecule has 3 nitrogen and oxygen atoms in total. The average Bonchev–Trinajstić information content (AvgIpc) is 2.67. The van der Waals surface area contributed by atoms with Gasteiger partial charge in [-0.05, 0) is 44.5 Å². The maximum absolute atomic E-state index is 4.44. The summed E-state index contributed by atoms with van der Waals surface area (Å²) in [5.41, 5.74) is 7.88. The number of rotatable bonds is 4. The number of nitrogens with zero attached hydrogens (tertiary/aromatic N) is 2. The lowest BCUT2D eigenvalue weighted by molar-refractivity contribution is 0.682. The molecule has 3 heteroatoms. The first-order valence-corrected chi connectivity index (χ1v) is 6.78. The highest BCUT2D eigenvalue weighted by atomic mass is 15.3. The van der Waals surface area contributed by atoms with Crippen molar-refractivity contribution in [3.8, 4) is 11.1 Å². The van der Waals surface area contributed by atoms with Crippen LogP contribution in [0.5, 0.6) is 0 Å². The molecule has 1 aromatic carbocycles. The summed E-state index contributed by atoms with van der Waals surface area (Å²) in [6.07, 6.45) is 2.99. The third kappa shape index (κ3) is 2.71. The fraction of sp³-hybridized carbons (Fsp3) is 0.438. The van der Waals surface area contributed by atoms with Crippen LogP contribution >= 0.6 is 0 Å². The van der Waals surface area contributed by atoms with Gasteiger partial charge in [-0.25, -0.2) is 0 Å². The molecule has 102 valence electrons. The number of hydrogen-bond acceptors (Lipinski definition) is 2. The summed E-state index contributed by atoms with van der Waals surface area (Å²) in [6.45, 7) is 7.49. The molecule has 0 unspecified atom stereocenters. The first kappa shape index (κ1) is 13.8. The molecule has 2 rings (SSSR count). The van der Waals surface area contributed by atoms with Gasteiger partial charge in [0.2, 0.25) is 0 Å². The highest BCUT2D eigenvalue weighted by Gasteiger charge is 2.14. The summed E-state index contributed by atoms with van der Waals surface area (Å²) >= 11 is 0. The molecular weight excluding hydrogens is 234 g/mol. The minimum atomic E-state index is 0.969. The maximum Gasteiger partial charge on any atom is 0.0571 e. The topological polar surface area (TPSA) is 29.9 Å². The molecule has 2 aromatic rings. The van der Waals surface area contributed by atoms with Crippen molar-refractivity contribution < 1.29 is 0 Å². The van der Waals surface area contributed by atoms with Crippen molar-refractivity contribution in [3.63, 3.8) is 0 Å². The predicted octanol–water partition coefficient (Wildman–Crippen LogP) is 2.77. The van der Waals surface area contributed by atoms with E-state index in [-0.39, 0.29) is 0 Å². The van der Waals surface area contributed by atoms with Crippen molar-refractivity contribution in [2.75, 3.05) is 13.6 Å². The molecular formula is C16H23N3. The highest BCUT2D eigenvalue weighted by molar-refractivity contribution is 5.72. The van der Waals surface area contributed by atoms with Crippen LogP contribution in [0.4, 0.5) is 0 Å². The van der Waals surface area contributed by atoms with E-state index < -0.39 is 0 Å². The summed E-state index contributed by atoms with van der Waals surface area (Å²) in [7, 11) is 4.01. The van der Waals surface area contributed by atoms with E-state index in [1.54, 1.807) is 0 Å². The number of likely N-dealkylation sites (N-methyl/N-ethyl adjacent to an activating group) is 1. The predicted molar refractivity (Wildman–Crippen MR) is 80.5 cm³/mol. The minimum Gasteiger partial charge on any atom is -0.319 e. The van der Waals surface area contributed by atoms with Gasteiger partial charge in [-0.1, -0.05) is 17.7 Å².